The molecule has 1 aromatic carbocycles. The van der Waals surface area contributed by atoms with Crippen molar-refractivity contribution in [2.45, 2.75) is 0 Å². The number of benzene rings is 1. The van der Waals surface area contributed by atoms with E-state index in [0.717, 1.165) is 12.9 Å². The van der Waals surface area contributed by atoms with E-state index in [4.69, 9.17) is 11.5 Å². The van der Waals surface area contributed by atoms with Crippen LogP contribution in [-0.2, 0) is 4.79 Å². The number of nitrogens with zero attached hydrogens (tertiary/aromatic N) is 1. The van der Waals surface area contributed by atoms with Gasteiger partial charge < -0.3 is 15.3 Å². The molecule has 5 nitrogen and oxygen atoms in total. The van der Waals surface area contributed by atoms with Crippen LogP contribution in [0, 0.1) is 15.9 Å². The molecule has 0 spiro atoms. The van der Waals surface area contributed by atoms with E-state index in [-0.39, 0.29) is 6.54 Å². The summed E-state index contributed by atoms with van der Waals surface area (Å²) in [6, 6.07) is 4.72. The van der Waals surface area contributed by atoms with E-state index in [1.165, 1.54) is 0 Å². The standard InChI is InChI=1S/C12H10BrIN2O3/c1-2-5-16(7-11(17)18)12(19)15-8-3-4-9(13)10(14)6-8/h1,3-4,6H,5,7H2,(H,15,19)(H,17,18). The number of hydrogen-bond acceptors (Lipinski definition) is 2. The fourth-order valence-corrected chi connectivity index (χ4v) is 2.01. The number of anilines is 1. The van der Waals surface area contributed by atoms with E-state index in [0.29, 0.717) is 5.69 Å². The Morgan fingerprint density at radius 1 is 1.53 bits per heavy atom. The molecule has 0 heterocycles. The molecule has 1 aromatic rings. The number of terminal acetylenes is 1. The van der Waals surface area contributed by atoms with Gasteiger partial charge in [0.1, 0.15) is 6.54 Å². The summed E-state index contributed by atoms with van der Waals surface area (Å²) in [7, 11) is 0. The minimum Gasteiger partial charge on any atom is -0.480 e. The average molecular weight is 437 g/mol. The Morgan fingerprint density at radius 3 is 2.74 bits per heavy atom. The topological polar surface area (TPSA) is 69.6 Å². The van der Waals surface area contributed by atoms with Crippen LogP contribution in [-0.4, -0.2) is 35.1 Å². The number of nitrogens with one attached hydrogen (secondary N) is 1. The van der Waals surface area contributed by atoms with E-state index in [1.54, 1.807) is 18.2 Å². The van der Waals surface area contributed by atoms with Crippen molar-refractivity contribution in [3.8, 4) is 12.3 Å². The van der Waals surface area contributed by atoms with Gasteiger partial charge in [-0.25, -0.2) is 4.79 Å². The van der Waals surface area contributed by atoms with Gasteiger partial charge in [-0.3, -0.25) is 4.79 Å². The molecule has 19 heavy (non-hydrogen) atoms. The number of carboxylic acid groups (broad SMARTS) is 1. The molecule has 7 heteroatoms. The van der Waals surface area contributed by atoms with E-state index < -0.39 is 18.5 Å². The molecule has 2 N–H and O–H groups in total. The predicted octanol–water partition coefficient (Wildman–Crippen LogP) is 2.61. The Kier molecular flexibility index (Phi) is 6.11. The van der Waals surface area contributed by atoms with Crippen LogP contribution in [0.5, 0.6) is 0 Å². The second-order valence-corrected chi connectivity index (χ2v) is 5.53. The Balaban J connectivity index is 2.78. The van der Waals surface area contributed by atoms with Crippen molar-refractivity contribution in [2.24, 2.45) is 0 Å². The zero-order chi connectivity index (χ0) is 14.4. The number of aliphatic carboxylic acids is 1. The minimum absolute atomic E-state index is 0.0637. The lowest BCUT2D eigenvalue weighted by atomic mass is 10.3. The molecule has 2 amide bonds. The highest BCUT2D eigenvalue weighted by Gasteiger charge is 2.16. The maximum Gasteiger partial charge on any atom is 0.323 e. The maximum absolute atomic E-state index is 11.9. The Morgan fingerprint density at radius 2 is 2.21 bits per heavy atom. The normalized spacial score (nSPS) is 9.53. The highest BCUT2D eigenvalue weighted by atomic mass is 127. The molecule has 100 valence electrons. The van der Waals surface area contributed by atoms with E-state index in [1.807, 2.05) is 0 Å². The van der Waals surface area contributed by atoms with E-state index >= 15 is 0 Å². The smallest absolute Gasteiger partial charge is 0.323 e. The van der Waals surface area contributed by atoms with Gasteiger partial charge in [-0.15, -0.1) is 6.42 Å². The van der Waals surface area contributed by atoms with Crippen LogP contribution in [0.4, 0.5) is 10.5 Å². The number of amides is 2. The first-order valence-corrected chi connectivity index (χ1v) is 6.97. The fourth-order valence-electron chi connectivity index (χ4n) is 1.25. The highest BCUT2D eigenvalue weighted by Crippen LogP contribution is 2.22. The average Bonchev–Trinajstić information content (AvgIpc) is 2.33. The maximum atomic E-state index is 11.9. The molecular weight excluding hydrogens is 427 g/mol. The fraction of sp³-hybridized carbons (Fsp3) is 0.167. The highest BCUT2D eigenvalue weighted by molar-refractivity contribution is 14.1. The largest absolute Gasteiger partial charge is 0.480 e. The zero-order valence-corrected chi connectivity index (χ0v) is 13.4. The van der Waals surface area contributed by atoms with Gasteiger partial charge in [0.2, 0.25) is 0 Å². The molecule has 0 saturated carbocycles. The van der Waals surface area contributed by atoms with Crippen LogP contribution in [0.1, 0.15) is 0 Å². The van der Waals surface area contributed by atoms with Gasteiger partial charge >= 0.3 is 12.0 Å². The van der Waals surface area contributed by atoms with Crippen LogP contribution in [0.15, 0.2) is 22.7 Å². The van der Waals surface area contributed by atoms with Crippen LogP contribution in [0.25, 0.3) is 0 Å². The molecule has 0 atom stereocenters. The predicted molar refractivity (Wildman–Crippen MR) is 83.9 cm³/mol. The van der Waals surface area contributed by atoms with Gasteiger partial charge in [-0.05, 0) is 56.7 Å². The van der Waals surface area contributed by atoms with Crippen LogP contribution >= 0.6 is 38.5 Å². The summed E-state index contributed by atoms with van der Waals surface area (Å²) in [6.45, 7) is -0.505. The summed E-state index contributed by atoms with van der Waals surface area (Å²) < 4.78 is 1.84. The summed E-state index contributed by atoms with van der Waals surface area (Å²) in [5.74, 6) is 1.14. The molecular formula is C12H10BrIN2O3. The summed E-state index contributed by atoms with van der Waals surface area (Å²) >= 11 is 5.46. The second-order valence-electron chi connectivity index (χ2n) is 3.51. The van der Waals surface area contributed by atoms with Gasteiger partial charge in [0.05, 0.1) is 6.54 Å². The number of carbonyl (C=O) groups is 2. The summed E-state index contributed by atoms with van der Waals surface area (Å²) in [4.78, 5) is 23.6. The van der Waals surface area contributed by atoms with Gasteiger partial charge in [0.15, 0.2) is 0 Å². The molecule has 0 bridgehead atoms. The first-order chi connectivity index (χ1) is 8.93. The molecule has 0 aromatic heterocycles. The minimum atomic E-state index is -1.12. The number of carboxylic acids is 1. The first kappa shape index (κ1) is 15.8. The van der Waals surface area contributed by atoms with E-state index in [2.05, 4.69) is 49.8 Å². The van der Waals surface area contributed by atoms with Crippen molar-refractivity contribution < 1.29 is 14.7 Å². The molecule has 0 saturated heterocycles. The van der Waals surface area contributed by atoms with Crippen molar-refractivity contribution >= 4 is 56.2 Å². The Hall–Kier alpha value is -1.27. The van der Waals surface area contributed by atoms with Crippen molar-refractivity contribution in [2.75, 3.05) is 18.4 Å². The van der Waals surface area contributed by atoms with E-state index in [9.17, 15) is 9.59 Å². The van der Waals surface area contributed by atoms with Crippen molar-refractivity contribution in [1.82, 2.24) is 4.90 Å². The third-order valence-electron chi connectivity index (χ3n) is 2.07. The molecule has 0 unspecified atom stereocenters. The molecule has 0 aliphatic heterocycles. The number of rotatable bonds is 4. The lowest BCUT2D eigenvalue weighted by Crippen LogP contribution is -2.39. The first-order valence-electron chi connectivity index (χ1n) is 5.10. The molecule has 1 rings (SSSR count). The molecule has 0 aliphatic rings. The SMILES string of the molecule is C#CCN(CC(=O)O)C(=O)Nc1ccc(Br)c(I)c1. The van der Waals surface area contributed by atoms with Gasteiger partial charge in [-0.2, -0.15) is 0 Å². The summed E-state index contributed by atoms with van der Waals surface area (Å²) in [6.07, 6.45) is 5.11. The lowest BCUT2D eigenvalue weighted by molar-refractivity contribution is -0.137. The number of urea groups is 1. The van der Waals surface area contributed by atoms with Gasteiger partial charge in [0.25, 0.3) is 0 Å². The van der Waals surface area contributed by atoms with Crippen molar-refractivity contribution in [3.05, 3.63) is 26.2 Å². The number of carbonyl (C=O) groups excluding carboxylic acids is 1. The third kappa shape index (κ3) is 5.08. The van der Waals surface area contributed by atoms with Crippen LogP contribution in [0.3, 0.4) is 0 Å². The van der Waals surface area contributed by atoms with Crippen LogP contribution in [0.2, 0.25) is 0 Å². The van der Waals surface area contributed by atoms with Crippen molar-refractivity contribution in [3.63, 3.8) is 0 Å². The molecule has 0 radical (unpaired) electrons. The number of halogens is 2. The summed E-state index contributed by atoms with van der Waals surface area (Å²) in [5, 5.41) is 11.3. The Bertz CT molecular complexity index is 542. The Labute approximate surface area is 132 Å². The van der Waals surface area contributed by atoms with Gasteiger partial charge in [-0.1, -0.05) is 5.92 Å². The van der Waals surface area contributed by atoms with Crippen molar-refractivity contribution in [1.29, 1.82) is 0 Å². The quantitative estimate of drug-likeness (QED) is 0.563. The third-order valence-corrected chi connectivity index (χ3v) is 4.39. The van der Waals surface area contributed by atoms with Crippen LogP contribution < -0.4 is 5.32 Å². The summed E-state index contributed by atoms with van der Waals surface area (Å²) in [5.41, 5.74) is 0.574. The number of hydrogen-bond donors (Lipinski definition) is 2. The van der Waals surface area contributed by atoms with Gasteiger partial charge in [0, 0.05) is 13.7 Å². The second kappa shape index (κ2) is 7.35. The lowest BCUT2D eigenvalue weighted by Gasteiger charge is -2.18. The zero-order valence-electron chi connectivity index (χ0n) is 9.69. The molecule has 0 aliphatic carbocycles. The monoisotopic (exact) mass is 436 g/mol. The molecule has 0 fully saturated rings.